The fourth-order valence-corrected chi connectivity index (χ4v) is 5.75. The number of halogens is 1. The zero-order valence-electron chi connectivity index (χ0n) is 19.7. The van der Waals surface area contributed by atoms with Crippen LogP contribution in [0.5, 0.6) is 0 Å². The maximum Gasteiger partial charge on any atom is 0.333 e. The van der Waals surface area contributed by atoms with Crippen molar-refractivity contribution in [3.63, 3.8) is 0 Å². The highest BCUT2D eigenvalue weighted by molar-refractivity contribution is 7.21. The Kier molecular flexibility index (Phi) is 7.24. The van der Waals surface area contributed by atoms with Gasteiger partial charge >= 0.3 is 5.97 Å². The number of aliphatic carboxylic acids is 1. The van der Waals surface area contributed by atoms with Gasteiger partial charge in [0.1, 0.15) is 4.88 Å². The number of allylic oxidation sites excluding steroid dienone is 2. The quantitative estimate of drug-likeness (QED) is 0.199. The molecule has 1 aliphatic carbocycles. The monoisotopic (exact) mass is 529 g/mol. The first kappa shape index (κ1) is 25.0. The van der Waals surface area contributed by atoms with Gasteiger partial charge in [0, 0.05) is 22.4 Å². The number of hydrogen-bond acceptors (Lipinski definition) is 4. The molecule has 0 saturated heterocycles. The Labute approximate surface area is 223 Å². The van der Waals surface area contributed by atoms with Crippen LogP contribution in [0.4, 0.5) is 0 Å². The topological polar surface area (TPSA) is 75.6 Å². The van der Waals surface area contributed by atoms with E-state index in [1.807, 2.05) is 97.1 Å². The van der Waals surface area contributed by atoms with E-state index < -0.39 is 23.7 Å². The molecule has 1 unspecified atom stereocenters. The van der Waals surface area contributed by atoms with Gasteiger partial charge in [0.2, 0.25) is 0 Å². The van der Waals surface area contributed by atoms with Gasteiger partial charge in [0.25, 0.3) is 5.91 Å². The van der Waals surface area contributed by atoms with Crippen LogP contribution in [0.15, 0.2) is 109 Å². The zero-order valence-corrected chi connectivity index (χ0v) is 21.3. The largest absolute Gasteiger partial charge is 0.479 e. The van der Waals surface area contributed by atoms with Crippen molar-refractivity contribution in [2.75, 3.05) is 0 Å². The summed E-state index contributed by atoms with van der Waals surface area (Å²) in [6.45, 7) is 0. The normalized spacial score (nSPS) is 19.5. The number of rotatable bonds is 8. The van der Waals surface area contributed by atoms with E-state index in [2.05, 4.69) is 5.32 Å². The molecule has 37 heavy (non-hydrogen) atoms. The van der Waals surface area contributed by atoms with E-state index in [-0.39, 0.29) is 12.3 Å². The average Bonchev–Trinajstić information content (AvgIpc) is 3.26. The molecule has 5 nitrogen and oxygen atoms in total. The molecular formula is C30H24ClNO4S. The standard InChI is InChI=1S/C30H24ClNO4S/c31-26-23-13-7-8-14-25(23)37-27(26)28(33)32-30(17-15-22(16-18-30)21-11-5-2-6-12-21)36-24(29(34)35)19-20-9-3-1-4-10-20/h1-18,22,24H,19H2,(H,32,33)(H,34,35). The van der Waals surface area contributed by atoms with Crippen LogP contribution < -0.4 is 5.32 Å². The fraction of sp³-hybridized carbons (Fsp3) is 0.133. The number of hydrogen-bond donors (Lipinski definition) is 2. The number of carbonyl (C=O) groups excluding carboxylic acids is 1. The summed E-state index contributed by atoms with van der Waals surface area (Å²) in [5.41, 5.74) is 0.413. The number of carboxylic acid groups (broad SMARTS) is 1. The maximum absolute atomic E-state index is 13.5. The lowest BCUT2D eigenvalue weighted by Gasteiger charge is -2.34. The molecule has 1 amide bonds. The molecule has 0 aliphatic heterocycles. The van der Waals surface area contributed by atoms with Crippen LogP contribution in [0.25, 0.3) is 10.1 Å². The van der Waals surface area contributed by atoms with Crippen molar-refractivity contribution in [3.05, 3.63) is 130 Å². The summed E-state index contributed by atoms with van der Waals surface area (Å²) in [4.78, 5) is 26.1. The van der Waals surface area contributed by atoms with E-state index in [0.717, 1.165) is 21.2 Å². The number of carbonyl (C=O) groups is 2. The van der Waals surface area contributed by atoms with Gasteiger partial charge in [-0.25, -0.2) is 4.79 Å². The van der Waals surface area contributed by atoms with Crippen LogP contribution in [-0.4, -0.2) is 28.8 Å². The van der Waals surface area contributed by atoms with Gasteiger partial charge in [-0.3, -0.25) is 4.79 Å². The molecule has 4 aromatic rings. The smallest absolute Gasteiger partial charge is 0.333 e. The van der Waals surface area contributed by atoms with E-state index in [1.54, 1.807) is 12.2 Å². The number of carboxylic acids is 1. The molecule has 0 fully saturated rings. The van der Waals surface area contributed by atoms with E-state index >= 15 is 0 Å². The van der Waals surface area contributed by atoms with Crippen molar-refractivity contribution < 1.29 is 19.4 Å². The van der Waals surface area contributed by atoms with E-state index in [1.165, 1.54) is 11.3 Å². The van der Waals surface area contributed by atoms with Gasteiger partial charge < -0.3 is 15.2 Å². The molecule has 1 heterocycles. The zero-order chi connectivity index (χ0) is 25.8. The summed E-state index contributed by atoms with van der Waals surface area (Å²) in [5.74, 6) is -1.60. The number of benzene rings is 3. The van der Waals surface area contributed by atoms with Crippen LogP contribution in [-0.2, 0) is 16.0 Å². The van der Waals surface area contributed by atoms with Gasteiger partial charge in [0.05, 0.1) is 5.02 Å². The molecule has 0 spiro atoms. The fourth-order valence-electron chi connectivity index (χ4n) is 4.34. The number of fused-ring (bicyclic) bond motifs is 1. The summed E-state index contributed by atoms with van der Waals surface area (Å²) in [6.07, 6.45) is 6.17. The number of thiophene rings is 1. The second kappa shape index (κ2) is 10.7. The lowest BCUT2D eigenvalue weighted by molar-refractivity contribution is -0.157. The van der Waals surface area contributed by atoms with Crippen LogP contribution in [0, 0.1) is 0 Å². The van der Waals surface area contributed by atoms with E-state index in [9.17, 15) is 14.7 Å². The average molecular weight is 530 g/mol. The Morgan fingerprint density at radius 3 is 2.22 bits per heavy atom. The predicted octanol–water partition coefficient (Wildman–Crippen LogP) is 6.60. The minimum atomic E-state index is -1.47. The molecule has 1 atom stereocenters. The van der Waals surface area contributed by atoms with Gasteiger partial charge in [-0.1, -0.05) is 103 Å². The lowest BCUT2D eigenvalue weighted by Crippen LogP contribution is -2.52. The van der Waals surface area contributed by atoms with Gasteiger partial charge in [-0.2, -0.15) is 0 Å². The van der Waals surface area contributed by atoms with Crippen molar-refractivity contribution in [1.82, 2.24) is 5.32 Å². The summed E-state index contributed by atoms with van der Waals surface area (Å²) in [5, 5.41) is 14.1. The predicted molar refractivity (Wildman–Crippen MR) is 147 cm³/mol. The van der Waals surface area contributed by atoms with E-state index in [4.69, 9.17) is 16.3 Å². The van der Waals surface area contributed by atoms with Crippen LogP contribution in [0.3, 0.4) is 0 Å². The van der Waals surface area contributed by atoms with Crippen LogP contribution in [0.1, 0.15) is 26.7 Å². The molecule has 3 aromatic carbocycles. The molecule has 2 N–H and O–H groups in total. The number of amides is 1. The van der Waals surface area contributed by atoms with Crippen LogP contribution in [0.2, 0.25) is 5.02 Å². The Hall–Kier alpha value is -3.71. The third kappa shape index (κ3) is 5.52. The Morgan fingerprint density at radius 2 is 1.57 bits per heavy atom. The number of nitrogens with one attached hydrogen (secondary N) is 1. The molecule has 5 rings (SSSR count). The summed E-state index contributed by atoms with van der Waals surface area (Å²) in [6, 6.07) is 26.7. The van der Waals surface area contributed by atoms with E-state index in [0.29, 0.717) is 9.90 Å². The second-order valence-electron chi connectivity index (χ2n) is 8.78. The highest BCUT2D eigenvalue weighted by Crippen LogP contribution is 2.36. The Bertz CT molecular complexity index is 1470. The van der Waals surface area contributed by atoms with Crippen molar-refractivity contribution in [3.8, 4) is 0 Å². The first-order valence-electron chi connectivity index (χ1n) is 11.8. The molecule has 0 radical (unpaired) electrons. The van der Waals surface area contributed by atoms with Gasteiger partial charge in [0.15, 0.2) is 11.8 Å². The summed E-state index contributed by atoms with van der Waals surface area (Å²) >= 11 is 7.84. The summed E-state index contributed by atoms with van der Waals surface area (Å²) < 4.78 is 7.08. The first-order chi connectivity index (χ1) is 17.9. The molecule has 0 saturated carbocycles. The SMILES string of the molecule is O=C(NC1(OC(Cc2ccccc2)C(=O)O)C=CC(c2ccccc2)C=C1)c1sc2ccccc2c1Cl. The molecule has 186 valence electrons. The molecule has 1 aliphatic rings. The minimum Gasteiger partial charge on any atom is -0.479 e. The third-order valence-corrected chi connectivity index (χ3v) is 7.89. The maximum atomic E-state index is 13.5. The van der Waals surface area contributed by atoms with Crippen molar-refractivity contribution >= 4 is 44.9 Å². The van der Waals surface area contributed by atoms with Crippen molar-refractivity contribution in [1.29, 1.82) is 0 Å². The Balaban J connectivity index is 1.47. The summed E-state index contributed by atoms with van der Waals surface area (Å²) in [7, 11) is 0. The number of ether oxygens (including phenoxy) is 1. The third-order valence-electron chi connectivity index (χ3n) is 6.21. The Morgan fingerprint density at radius 1 is 0.946 bits per heavy atom. The van der Waals surface area contributed by atoms with Crippen molar-refractivity contribution in [2.24, 2.45) is 0 Å². The molecule has 0 bridgehead atoms. The highest BCUT2D eigenvalue weighted by atomic mass is 35.5. The van der Waals surface area contributed by atoms with Gasteiger partial charge in [-0.15, -0.1) is 11.3 Å². The van der Waals surface area contributed by atoms with Crippen molar-refractivity contribution in [2.45, 2.75) is 24.2 Å². The second-order valence-corrected chi connectivity index (χ2v) is 10.2. The first-order valence-corrected chi connectivity index (χ1v) is 13.0. The van der Waals surface area contributed by atoms with Crippen LogP contribution >= 0.6 is 22.9 Å². The molecule has 7 heteroatoms. The minimum absolute atomic E-state index is 0.0415. The lowest BCUT2D eigenvalue weighted by atomic mass is 9.91. The molecule has 1 aromatic heterocycles. The highest BCUT2D eigenvalue weighted by Gasteiger charge is 2.37. The molecular weight excluding hydrogens is 506 g/mol. The van der Waals surface area contributed by atoms with Gasteiger partial charge in [-0.05, 0) is 29.3 Å².